The van der Waals surface area contributed by atoms with Crippen molar-refractivity contribution in [2.75, 3.05) is 19.7 Å². The third-order valence-corrected chi connectivity index (χ3v) is 6.24. The number of ether oxygens (including phenoxy) is 1. The van der Waals surface area contributed by atoms with Gasteiger partial charge in [0.05, 0.1) is 10.5 Å². The van der Waals surface area contributed by atoms with E-state index in [1.54, 1.807) is 6.92 Å². The molecule has 1 fully saturated rings. The van der Waals surface area contributed by atoms with Gasteiger partial charge in [0, 0.05) is 19.1 Å². The Labute approximate surface area is 164 Å². The molecule has 0 bridgehead atoms. The highest BCUT2D eigenvalue weighted by molar-refractivity contribution is 7.89. The van der Waals surface area contributed by atoms with Crippen molar-refractivity contribution in [2.45, 2.75) is 44.0 Å². The molecule has 3 amide bonds. The Morgan fingerprint density at radius 1 is 1.21 bits per heavy atom. The van der Waals surface area contributed by atoms with Crippen LogP contribution >= 0.6 is 0 Å². The second kappa shape index (κ2) is 9.65. The van der Waals surface area contributed by atoms with E-state index in [0.717, 1.165) is 12.8 Å². The van der Waals surface area contributed by atoms with E-state index in [-0.39, 0.29) is 16.5 Å². The lowest BCUT2D eigenvalue weighted by Gasteiger charge is -2.15. The predicted molar refractivity (Wildman–Crippen MR) is 101 cm³/mol. The molecule has 1 aromatic rings. The fourth-order valence-corrected chi connectivity index (χ4v) is 4.16. The SMILES string of the molecule is CC[C@@H](C)NC(=O)NC(=O)COC(=O)c1cccc(S(=O)(=O)N2CCCC2)c1. The van der Waals surface area contributed by atoms with E-state index in [1.165, 1.54) is 28.6 Å². The van der Waals surface area contributed by atoms with Crippen molar-refractivity contribution in [3.8, 4) is 0 Å². The molecule has 154 valence electrons. The molecule has 0 spiro atoms. The van der Waals surface area contributed by atoms with Crippen LogP contribution in [-0.4, -0.2) is 56.4 Å². The van der Waals surface area contributed by atoms with Gasteiger partial charge in [0.15, 0.2) is 6.61 Å². The van der Waals surface area contributed by atoms with Crippen molar-refractivity contribution in [3.63, 3.8) is 0 Å². The molecule has 1 aromatic carbocycles. The van der Waals surface area contributed by atoms with Crippen LogP contribution in [0.15, 0.2) is 29.2 Å². The minimum Gasteiger partial charge on any atom is -0.452 e. The smallest absolute Gasteiger partial charge is 0.338 e. The minimum absolute atomic E-state index is 0.00114. The van der Waals surface area contributed by atoms with Gasteiger partial charge in [-0.25, -0.2) is 18.0 Å². The number of nitrogens with zero attached hydrogens (tertiary/aromatic N) is 1. The fraction of sp³-hybridized carbons (Fsp3) is 0.500. The molecule has 2 rings (SSSR count). The Balaban J connectivity index is 1.94. The quantitative estimate of drug-likeness (QED) is 0.651. The average Bonchev–Trinajstić information content (AvgIpc) is 3.21. The van der Waals surface area contributed by atoms with Gasteiger partial charge in [0.1, 0.15) is 0 Å². The second-order valence-corrected chi connectivity index (χ2v) is 8.48. The van der Waals surface area contributed by atoms with Gasteiger partial charge < -0.3 is 10.1 Å². The van der Waals surface area contributed by atoms with Crippen molar-refractivity contribution in [3.05, 3.63) is 29.8 Å². The molecule has 0 aliphatic carbocycles. The maximum absolute atomic E-state index is 12.6. The summed E-state index contributed by atoms with van der Waals surface area (Å²) in [4.78, 5) is 35.4. The molecule has 0 saturated carbocycles. The molecule has 1 aliphatic heterocycles. The maximum Gasteiger partial charge on any atom is 0.338 e. The first-order chi connectivity index (χ1) is 13.2. The second-order valence-electron chi connectivity index (χ2n) is 6.55. The van der Waals surface area contributed by atoms with Gasteiger partial charge in [-0.05, 0) is 44.4 Å². The molecule has 28 heavy (non-hydrogen) atoms. The van der Waals surface area contributed by atoms with Crippen molar-refractivity contribution in [1.82, 2.24) is 14.9 Å². The highest BCUT2D eigenvalue weighted by Gasteiger charge is 2.27. The van der Waals surface area contributed by atoms with E-state index in [2.05, 4.69) is 10.6 Å². The number of benzene rings is 1. The van der Waals surface area contributed by atoms with E-state index < -0.39 is 34.5 Å². The molecule has 1 atom stereocenters. The molecule has 1 saturated heterocycles. The monoisotopic (exact) mass is 411 g/mol. The third-order valence-electron chi connectivity index (χ3n) is 4.35. The molecule has 10 heteroatoms. The van der Waals surface area contributed by atoms with Gasteiger partial charge in [0.2, 0.25) is 10.0 Å². The van der Waals surface area contributed by atoms with Crippen LogP contribution in [0.4, 0.5) is 4.79 Å². The summed E-state index contributed by atoms with van der Waals surface area (Å²) in [5.74, 6) is -1.63. The molecule has 2 N–H and O–H groups in total. The molecular formula is C18H25N3O6S. The van der Waals surface area contributed by atoms with Crippen LogP contribution in [-0.2, 0) is 19.6 Å². The lowest BCUT2D eigenvalue weighted by atomic mass is 10.2. The van der Waals surface area contributed by atoms with Crippen LogP contribution in [0.5, 0.6) is 0 Å². The fourth-order valence-electron chi connectivity index (χ4n) is 2.60. The summed E-state index contributed by atoms with van der Waals surface area (Å²) in [6, 6.07) is 4.71. The van der Waals surface area contributed by atoms with Crippen molar-refractivity contribution < 1.29 is 27.5 Å². The summed E-state index contributed by atoms with van der Waals surface area (Å²) < 4.78 is 31.4. The highest BCUT2D eigenvalue weighted by atomic mass is 32.2. The van der Waals surface area contributed by atoms with Crippen LogP contribution in [0, 0.1) is 0 Å². The number of hydrogen-bond donors (Lipinski definition) is 2. The number of carbonyl (C=O) groups excluding carboxylic acids is 3. The van der Waals surface area contributed by atoms with Gasteiger partial charge in [-0.15, -0.1) is 0 Å². The number of imide groups is 1. The normalized spacial score (nSPS) is 15.6. The minimum atomic E-state index is -3.66. The van der Waals surface area contributed by atoms with Crippen LogP contribution in [0.25, 0.3) is 0 Å². The summed E-state index contributed by atoms with van der Waals surface area (Å²) in [6.07, 6.45) is 2.31. The summed E-state index contributed by atoms with van der Waals surface area (Å²) in [6.45, 7) is 3.92. The van der Waals surface area contributed by atoms with Gasteiger partial charge >= 0.3 is 12.0 Å². The number of hydrogen-bond acceptors (Lipinski definition) is 6. The Morgan fingerprint density at radius 3 is 2.54 bits per heavy atom. The van der Waals surface area contributed by atoms with E-state index in [1.807, 2.05) is 6.92 Å². The Bertz CT molecular complexity index is 833. The lowest BCUT2D eigenvalue weighted by molar-refractivity contribution is -0.123. The van der Waals surface area contributed by atoms with Crippen LogP contribution in [0.3, 0.4) is 0 Å². The third kappa shape index (κ3) is 5.77. The first-order valence-electron chi connectivity index (χ1n) is 9.11. The van der Waals surface area contributed by atoms with E-state index in [9.17, 15) is 22.8 Å². The van der Waals surface area contributed by atoms with Crippen molar-refractivity contribution in [1.29, 1.82) is 0 Å². The number of rotatable bonds is 7. The van der Waals surface area contributed by atoms with E-state index in [4.69, 9.17) is 4.74 Å². The lowest BCUT2D eigenvalue weighted by Crippen LogP contribution is -2.44. The first-order valence-corrected chi connectivity index (χ1v) is 10.6. The van der Waals surface area contributed by atoms with Crippen molar-refractivity contribution >= 4 is 27.9 Å². The van der Waals surface area contributed by atoms with Crippen LogP contribution in [0.2, 0.25) is 0 Å². The summed E-state index contributed by atoms with van der Waals surface area (Å²) in [7, 11) is -3.66. The zero-order valence-electron chi connectivity index (χ0n) is 15.9. The topological polar surface area (TPSA) is 122 Å². The summed E-state index contributed by atoms with van der Waals surface area (Å²) in [5.41, 5.74) is 0.0112. The Hall–Kier alpha value is -2.46. The zero-order valence-corrected chi connectivity index (χ0v) is 16.8. The number of urea groups is 1. The Kier molecular flexibility index (Phi) is 7.53. The van der Waals surface area contributed by atoms with E-state index >= 15 is 0 Å². The van der Waals surface area contributed by atoms with Gasteiger partial charge in [-0.3, -0.25) is 10.1 Å². The van der Waals surface area contributed by atoms with Gasteiger partial charge in [-0.2, -0.15) is 4.31 Å². The number of amides is 3. The van der Waals surface area contributed by atoms with Crippen molar-refractivity contribution in [2.24, 2.45) is 0 Å². The highest BCUT2D eigenvalue weighted by Crippen LogP contribution is 2.21. The first kappa shape index (κ1) is 21.8. The van der Waals surface area contributed by atoms with Gasteiger partial charge in [0.25, 0.3) is 5.91 Å². The number of esters is 1. The molecule has 1 heterocycles. The number of carbonyl (C=O) groups is 3. The molecule has 0 unspecified atom stereocenters. The predicted octanol–water partition coefficient (Wildman–Crippen LogP) is 1.25. The standard InChI is InChI=1S/C18H25N3O6S/c1-3-13(2)19-18(24)20-16(22)12-27-17(23)14-7-6-8-15(11-14)28(25,26)21-9-4-5-10-21/h6-8,11,13H,3-5,9-10,12H2,1-2H3,(H2,19,20,22,24)/t13-/m1/s1. The molecular weight excluding hydrogens is 386 g/mol. The largest absolute Gasteiger partial charge is 0.452 e. The number of sulfonamides is 1. The molecule has 0 radical (unpaired) electrons. The molecule has 9 nitrogen and oxygen atoms in total. The molecule has 1 aliphatic rings. The summed E-state index contributed by atoms with van der Waals surface area (Å²) >= 11 is 0. The number of nitrogens with one attached hydrogen (secondary N) is 2. The van der Waals surface area contributed by atoms with Crippen LogP contribution in [0.1, 0.15) is 43.5 Å². The van der Waals surface area contributed by atoms with Crippen LogP contribution < -0.4 is 10.6 Å². The average molecular weight is 411 g/mol. The molecule has 0 aromatic heterocycles. The van der Waals surface area contributed by atoms with E-state index in [0.29, 0.717) is 19.5 Å². The Morgan fingerprint density at radius 2 is 1.89 bits per heavy atom. The summed E-state index contributed by atoms with van der Waals surface area (Å²) in [5, 5.41) is 4.60. The zero-order chi connectivity index (χ0) is 20.7. The maximum atomic E-state index is 12.6. The van der Waals surface area contributed by atoms with Gasteiger partial charge in [-0.1, -0.05) is 13.0 Å².